The number of aromatic carboxylic acids is 1. The van der Waals surface area contributed by atoms with Crippen molar-refractivity contribution in [3.63, 3.8) is 0 Å². The van der Waals surface area contributed by atoms with E-state index in [0.717, 1.165) is 18.9 Å². The van der Waals surface area contributed by atoms with E-state index < -0.39 is 5.97 Å². The minimum absolute atomic E-state index is 0.122. The minimum Gasteiger partial charge on any atom is -0.508 e. The van der Waals surface area contributed by atoms with E-state index in [0.29, 0.717) is 12.5 Å². The fraction of sp³-hybridized carbons (Fsp3) is 0.467. The molecular formula is C15H20N2O4. The van der Waals surface area contributed by atoms with Crippen molar-refractivity contribution in [1.29, 1.82) is 0 Å². The number of urea groups is 1. The Bertz CT molecular complexity index is 553. The third-order valence-electron chi connectivity index (χ3n) is 3.29. The number of carbonyl (C=O) groups excluding carboxylic acids is 1. The molecule has 1 aliphatic rings. The molecule has 0 heterocycles. The predicted octanol–water partition coefficient (Wildman–Crippen LogP) is 2.74. The summed E-state index contributed by atoms with van der Waals surface area (Å²) < 4.78 is 0. The van der Waals surface area contributed by atoms with Crippen molar-refractivity contribution in [2.24, 2.45) is 5.92 Å². The van der Waals surface area contributed by atoms with Gasteiger partial charge in [0.15, 0.2) is 0 Å². The van der Waals surface area contributed by atoms with Gasteiger partial charge in [-0.3, -0.25) is 0 Å². The lowest BCUT2D eigenvalue weighted by molar-refractivity contribution is 0.0697. The van der Waals surface area contributed by atoms with Crippen molar-refractivity contribution in [3.05, 3.63) is 23.8 Å². The summed E-state index contributed by atoms with van der Waals surface area (Å²) in [5.74, 6) is -0.996. The van der Waals surface area contributed by atoms with Crippen LogP contribution in [-0.4, -0.2) is 39.7 Å². The topological polar surface area (TPSA) is 89.9 Å². The van der Waals surface area contributed by atoms with Crippen LogP contribution < -0.4 is 5.32 Å². The SMILES string of the molecule is CC(C)CN(C(=O)Nc1ccc(O)cc1C(=O)O)C1CC1. The van der Waals surface area contributed by atoms with Gasteiger partial charge in [0.1, 0.15) is 5.75 Å². The second kappa shape index (κ2) is 6.03. The van der Waals surface area contributed by atoms with Crippen LogP contribution in [0.15, 0.2) is 18.2 Å². The smallest absolute Gasteiger partial charge is 0.337 e. The molecule has 2 rings (SSSR count). The molecule has 1 saturated carbocycles. The number of hydrogen-bond acceptors (Lipinski definition) is 3. The Labute approximate surface area is 123 Å². The number of carboxylic acid groups (broad SMARTS) is 1. The van der Waals surface area contributed by atoms with Gasteiger partial charge < -0.3 is 20.4 Å². The summed E-state index contributed by atoms with van der Waals surface area (Å²) in [6.07, 6.45) is 1.98. The summed E-state index contributed by atoms with van der Waals surface area (Å²) >= 11 is 0. The zero-order valence-electron chi connectivity index (χ0n) is 12.2. The molecule has 6 heteroatoms. The minimum atomic E-state index is -1.19. The Morgan fingerprint density at radius 1 is 1.38 bits per heavy atom. The summed E-state index contributed by atoms with van der Waals surface area (Å²) in [6.45, 7) is 4.70. The highest BCUT2D eigenvalue weighted by atomic mass is 16.4. The van der Waals surface area contributed by atoms with Gasteiger partial charge >= 0.3 is 12.0 Å². The fourth-order valence-corrected chi connectivity index (χ4v) is 2.18. The van der Waals surface area contributed by atoms with Gasteiger partial charge in [-0.2, -0.15) is 0 Å². The quantitative estimate of drug-likeness (QED) is 0.728. The number of rotatable bonds is 5. The normalized spacial score (nSPS) is 14.0. The number of phenols is 1. The number of hydrogen-bond donors (Lipinski definition) is 3. The third kappa shape index (κ3) is 3.87. The van der Waals surface area contributed by atoms with E-state index in [-0.39, 0.29) is 29.1 Å². The lowest BCUT2D eigenvalue weighted by atomic mass is 10.1. The number of carbonyl (C=O) groups is 2. The van der Waals surface area contributed by atoms with Gasteiger partial charge in [-0.05, 0) is 37.0 Å². The molecule has 1 fully saturated rings. The molecular weight excluding hydrogens is 272 g/mol. The summed E-state index contributed by atoms with van der Waals surface area (Å²) in [6, 6.07) is 3.84. The molecule has 6 nitrogen and oxygen atoms in total. The monoisotopic (exact) mass is 292 g/mol. The van der Waals surface area contributed by atoms with Gasteiger partial charge in [0.25, 0.3) is 0 Å². The van der Waals surface area contributed by atoms with Crippen LogP contribution in [0.4, 0.5) is 10.5 Å². The van der Waals surface area contributed by atoms with Gasteiger partial charge in [-0.25, -0.2) is 9.59 Å². The van der Waals surface area contributed by atoms with Crippen LogP contribution >= 0.6 is 0 Å². The number of nitrogens with one attached hydrogen (secondary N) is 1. The average Bonchev–Trinajstić information content (AvgIpc) is 3.21. The van der Waals surface area contributed by atoms with Gasteiger partial charge in [-0.1, -0.05) is 13.8 Å². The van der Waals surface area contributed by atoms with E-state index in [2.05, 4.69) is 5.32 Å². The molecule has 114 valence electrons. The molecule has 1 aromatic carbocycles. The molecule has 0 atom stereocenters. The standard InChI is InChI=1S/C15H20N2O4/c1-9(2)8-17(10-3-4-10)15(21)16-13-6-5-11(18)7-12(13)14(19)20/h5-7,9-10,18H,3-4,8H2,1-2H3,(H,16,21)(H,19,20). The van der Waals surface area contributed by atoms with E-state index in [9.17, 15) is 14.7 Å². The van der Waals surface area contributed by atoms with Crippen molar-refractivity contribution >= 4 is 17.7 Å². The summed E-state index contributed by atoms with van der Waals surface area (Å²) in [5.41, 5.74) is 0.0725. The first-order valence-corrected chi connectivity index (χ1v) is 7.02. The molecule has 0 saturated heterocycles. The molecule has 1 aliphatic carbocycles. The molecule has 2 amide bonds. The number of aromatic hydroxyl groups is 1. The first-order chi connectivity index (χ1) is 9.88. The van der Waals surface area contributed by atoms with Crippen molar-refractivity contribution in [1.82, 2.24) is 4.90 Å². The Kier molecular flexibility index (Phi) is 4.35. The molecule has 0 aliphatic heterocycles. The van der Waals surface area contributed by atoms with Crippen LogP contribution in [-0.2, 0) is 0 Å². The maximum absolute atomic E-state index is 12.3. The van der Waals surface area contributed by atoms with Gasteiger partial charge in [0.05, 0.1) is 11.3 Å². The molecule has 3 N–H and O–H groups in total. The van der Waals surface area contributed by atoms with Gasteiger partial charge in [0.2, 0.25) is 0 Å². The number of carboxylic acids is 1. The van der Waals surface area contributed by atoms with Gasteiger partial charge in [-0.15, -0.1) is 0 Å². The van der Waals surface area contributed by atoms with E-state index in [4.69, 9.17) is 5.11 Å². The summed E-state index contributed by atoms with van der Waals surface area (Å²) in [7, 11) is 0. The van der Waals surface area contributed by atoms with Crippen molar-refractivity contribution < 1.29 is 19.8 Å². The van der Waals surface area contributed by atoms with Crippen LogP contribution in [0.25, 0.3) is 0 Å². The first-order valence-electron chi connectivity index (χ1n) is 7.02. The molecule has 0 bridgehead atoms. The number of benzene rings is 1. The van der Waals surface area contributed by atoms with Crippen LogP contribution in [0.1, 0.15) is 37.0 Å². The van der Waals surface area contributed by atoms with Crippen LogP contribution in [0.3, 0.4) is 0 Å². The van der Waals surface area contributed by atoms with Crippen LogP contribution in [0.5, 0.6) is 5.75 Å². The molecule has 0 aromatic heterocycles. The Morgan fingerprint density at radius 2 is 2.05 bits per heavy atom. The Hall–Kier alpha value is -2.24. The average molecular weight is 292 g/mol. The zero-order valence-corrected chi connectivity index (χ0v) is 12.2. The van der Waals surface area contributed by atoms with E-state index >= 15 is 0 Å². The third-order valence-corrected chi connectivity index (χ3v) is 3.29. The highest BCUT2D eigenvalue weighted by molar-refractivity contribution is 6.00. The zero-order chi connectivity index (χ0) is 15.6. The van der Waals surface area contributed by atoms with Crippen molar-refractivity contribution in [2.75, 3.05) is 11.9 Å². The maximum atomic E-state index is 12.3. The molecule has 21 heavy (non-hydrogen) atoms. The Morgan fingerprint density at radius 3 is 2.57 bits per heavy atom. The number of anilines is 1. The number of nitrogens with zero attached hydrogens (tertiary/aromatic N) is 1. The molecule has 0 spiro atoms. The number of amides is 2. The van der Waals surface area contributed by atoms with E-state index in [1.54, 1.807) is 4.90 Å². The van der Waals surface area contributed by atoms with Crippen molar-refractivity contribution in [2.45, 2.75) is 32.7 Å². The summed E-state index contributed by atoms with van der Waals surface area (Å²) in [5, 5.41) is 21.1. The van der Waals surface area contributed by atoms with E-state index in [1.165, 1.54) is 12.1 Å². The molecule has 0 unspecified atom stereocenters. The molecule has 1 aromatic rings. The first kappa shape index (κ1) is 15.2. The lowest BCUT2D eigenvalue weighted by Crippen LogP contribution is -2.39. The fourth-order valence-electron chi connectivity index (χ4n) is 2.18. The highest BCUT2D eigenvalue weighted by Crippen LogP contribution is 2.29. The van der Waals surface area contributed by atoms with Crippen molar-refractivity contribution in [3.8, 4) is 5.75 Å². The molecule has 0 radical (unpaired) electrons. The largest absolute Gasteiger partial charge is 0.508 e. The Balaban J connectivity index is 2.16. The van der Waals surface area contributed by atoms with Crippen LogP contribution in [0.2, 0.25) is 0 Å². The van der Waals surface area contributed by atoms with Gasteiger partial charge in [0, 0.05) is 12.6 Å². The predicted molar refractivity (Wildman–Crippen MR) is 78.7 cm³/mol. The second-order valence-corrected chi connectivity index (χ2v) is 5.74. The second-order valence-electron chi connectivity index (χ2n) is 5.74. The van der Waals surface area contributed by atoms with Crippen LogP contribution in [0, 0.1) is 5.92 Å². The summed E-state index contributed by atoms with van der Waals surface area (Å²) in [4.78, 5) is 25.3. The van der Waals surface area contributed by atoms with E-state index in [1.807, 2.05) is 13.8 Å². The maximum Gasteiger partial charge on any atom is 0.337 e. The lowest BCUT2D eigenvalue weighted by Gasteiger charge is -2.25. The highest BCUT2D eigenvalue weighted by Gasteiger charge is 2.33. The number of phenolic OH excluding ortho intramolecular Hbond substituents is 1.